The third kappa shape index (κ3) is 2.99. The Kier molecular flexibility index (Phi) is 3.72. The van der Waals surface area contributed by atoms with E-state index in [0.29, 0.717) is 6.42 Å². The van der Waals surface area contributed by atoms with Gasteiger partial charge in [0.25, 0.3) is 0 Å². The van der Waals surface area contributed by atoms with E-state index in [1.165, 1.54) is 19.3 Å². The smallest absolute Gasteiger partial charge is 0.217 e. The van der Waals surface area contributed by atoms with E-state index < -0.39 is 0 Å². The predicted octanol–water partition coefficient (Wildman–Crippen LogP) is 1.19. The van der Waals surface area contributed by atoms with E-state index >= 15 is 0 Å². The highest BCUT2D eigenvalue weighted by atomic mass is 16.3. The van der Waals surface area contributed by atoms with Gasteiger partial charge in [-0.2, -0.15) is 0 Å². The first-order valence-electron chi connectivity index (χ1n) is 5.08. The monoisotopic (exact) mass is 185 g/mol. The Morgan fingerprint density at radius 2 is 1.92 bits per heavy atom. The second-order valence-electron chi connectivity index (χ2n) is 4.18. The molecule has 0 spiro atoms. The van der Waals surface area contributed by atoms with Gasteiger partial charge >= 0.3 is 0 Å². The molecule has 1 rings (SSSR count). The van der Waals surface area contributed by atoms with Crippen LogP contribution in [0.3, 0.4) is 0 Å². The van der Waals surface area contributed by atoms with Crippen molar-refractivity contribution in [1.82, 2.24) is 0 Å². The van der Waals surface area contributed by atoms with Crippen molar-refractivity contribution in [1.29, 1.82) is 0 Å². The molecule has 0 aromatic carbocycles. The first-order valence-corrected chi connectivity index (χ1v) is 5.08. The Morgan fingerprint density at radius 1 is 1.31 bits per heavy atom. The van der Waals surface area contributed by atoms with E-state index in [1.54, 1.807) is 0 Å². The van der Waals surface area contributed by atoms with Crippen LogP contribution in [0.4, 0.5) is 0 Å². The molecule has 0 aliphatic heterocycles. The second kappa shape index (κ2) is 4.61. The molecule has 1 aliphatic rings. The summed E-state index contributed by atoms with van der Waals surface area (Å²) >= 11 is 0. The molecular formula is C10H19NO2. The van der Waals surface area contributed by atoms with Gasteiger partial charge in [0.2, 0.25) is 5.91 Å². The Morgan fingerprint density at radius 3 is 2.38 bits per heavy atom. The maximum atomic E-state index is 10.9. The lowest BCUT2D eigenvalue weighted by Crippen LogP contribution is -2.31. The molecule has 0 heterocycles. The van der Waals surface area contributed by atoms with E-state index in [-0.39, 0.29) is 17.9 Å². The number of aliphatic hydroxyl groups excluding tert-OH is 1. The molecule has 0 aromatic heterocycles. The number of amides is 1. The van der Waals surface area contributed by atoms with Crippen LogP contribution in [0.25, 0.3) is 0 Å². The van der Waals surface area contributed by atoms with Crippen molar-refractivity contribution in [2.24, 2.45) is 11.1 Å². The second-order valence-corrected chi connectivity index (χ2v) is 4.18. The van der Waals surface area contributed by atoms with Gasteiger partial charge in [0.15, 0.2) is 0 Å². The number of hydrogen-bond donors (Lipinski definition) is 2. The van der Waals surface area contributed by atoms with Gasteiger partial charge in [-0.25, -0.2) is 0 Å². The summed E-state index contributed by atoms with van der Waals surface area (Å²) in [6.45, 7) is 0.174. The van der Waals surface area contributed by atoms with Crippen molar-refractivity contribution in [3.05, 3.63) is 0 Å². The highest BCUT2D eigenvalue weighted by Gasteiger charge is 2.32. The summed E-state index contributed by atoms with van der Waals surface area (Å²) in [5.74, 6) is -0.227. The topological polar surface area (TPSA) is 63.3 Å². The van der Waals surface area contributed by atoms with Crippen molar-refractivity contribution in [3.8, 4) is 0 Å². The first-order chi connectivity index (χ1) is 6.18. The normalized spacial score (nSPS) is 21.3. The molecule has 0 unspecified atom stereocenters. The number of nitrogens with two attached hydrogens (primary N) is 1. The number of primary amides is 1. The quantitative estimate of drug-likeness (QED) is 0.691. The number of aliphatic hydroxyl groups is 1. The minimum absolute atomic E-state index is 0.0266. The van der Waals surface area contributed by atoms with E-state index in [1.807, 2.05) is 0 Å². The van der Waals surface area contributed by atoms with Crippen molar-refractivity contribution in [3.63, 3.8) is 0 Å². The molecule has 0 radical (unpaired) electrons. The molecule has 76 valence electrons. The number of rotatable bonds is 4. The van der Waals surface area contributed by atoms with Gasteiger partial charge in [-0.1, -0.05) is 19.3 Å². The molecule has 0 aromatic rings. The molecule has 3 N–H and O–H groups in total. The summed E-state index contributed by atoms with van der Waals surface area (Å²) in [4.78, 5) is 10.9. The lowest BCUT2D eigenvalue weighted by atomic mass is 9.70. The average molecular weight is 185 g/mol. The van der Waals surface area contributed by atoms with Gasteiger partial charge in [-0.3, -0.25) is 4.79 Å². The third-order valence-corrected chi connectivity index (χ3v) is 3.11. The third-order valence-electron chi connectivity index (χ3n) is 3.11. The van der Waals surface area contributed by atoms with Crippen molar-refractivity contribution >= 4 is 5.91 Å². The first kappa shape index (κ1) is 10.5. The zero-order valence-electron chi connectivity index (χ0n) is 8.09. The summed E-state index contributed by atoms with van der Waals surface area (Å²) in [7, 11) is 0. The van der Waals surface area contributed by atoms with E-state index in [4.69, 9.17) is 10.8 Å². The minimum atomic E-state index is -0.227. The van der Waals surface area contributed by atoms with Crippen LogP contribution < -0.4 is 5.73 Å². The molecule has 1 saturated carbocycles. The Labute approximate surface area is 79.3 Å². The molecule has 0 bridgehead atoms. The zero-order chi connectivity index (χ0) is 9.73. The van der Waals surface area contributed by atoms with Crippen LogP contribution in [0.2, 0.25) is 0 Å². The lowest BCUT2D eigenvalue weighted by Gasteiger charge is -2.35. The maximum absolute atomic E-state index is 10.9. The van der Waals surface area contributed by atoms with E-state index in [9.17, 15) is 4.79 Å². The van der Waals surface area contributed by atoms with Crippen molar-refractivity contribution in [2.45, 2.75) is 44.9 Å². The summed E-state index contributed by atoms with van der Waals surface area (Å²) in [5.41, 5.74) is 5.24. The number of hydrogen-bond acceptors (Lipinski definition) is 2. The number of carbonyl (C=O) groups is 1. The molecule has 0 saturated heterocycles. The van der Waals surface area contributed by atoms with Crippen LogP contribution in [-0.2, 0) is 4.79 Å². The maximum Gasteiger partial charge on any atom is 0.217 e. The Hall–Kier alpha value is -0.570. The average Bonchev–Trinajstić information content (AvgIpc) is 2.04. The van der Waals surface area contributed by atoms with Crippen LogP contribution in [0, 0.1) is 5.41 Å². The van der Waals surface area contributed by atoms with Gasteiger partial charge < -0.3 is 10.8 Å². The summed E-state index contributed by atoms with van der Waals surface area (Å²) in [5, 5.41) is 8.94. The fourth-order valence-corrected chi connectivity index (χ4v) is 2.42. The van der Waals surface area contributed by atoms with Crippen molar-refractivity contribution < 1.29 is 9.90 Å². The van der Waals surface area contributed by atoms with Crippen molar-refractivity contribution in [2.75, 3.05) is 6.61 Å². The molecular weight excluding hydrogens is 166 g/mol. The zero-order valence-corrected chi connectivity index (χ0v) is 8.09. The SMILES string of the molecule is NC(=O)CC1(CCO)CCCCC1. The predicted molar refractivity (Wildman–Crippen MR) is 51.0 cm³/mol. The Bertz CT molecular complexity index is 168. The Balaban J connectivity index is 2.55. The summed E-state index contributed by atoms with van der Waals surface area (Å²) in [6.07, 6.45) is 6.89. The minimum Gasteiger partial charge on any atom is -0.396 e. The van der Waals surface area contributed by atoms with Crippen LogP contribution >= 0.6 is 0 Å². The molecule has 3 heteroatoms. The molecule has 0 atom stereocenters. The van der Waals surface area contributed by atoms with Gasteiger partial charge in [-0.05, 0) is 24.7 Å². The van der Waals surface area contributed by atoms with E-state index in [0.717, 1.165) is 19.3 Å². The van der Waals surface area contributed by atoms with Gasteiger partial charge in [-0.15, -0.1) is 0 Å². The van der Waals surface area contributed by atoms with Crippen LogP contribution in [-0.4, -0.2) is 17.6 Å². The van der Waals surface area contributed by atoms with Crippen LogP contribution in [0.15, 0.2) is 0 Å². The van der Waals surface area contributed by atoms with Gasteiger partial charge in [0.1, 0.15) is 0 Å². The molecule has 1 aliphatic carbocycles. The molecule has 3 nitrogen and oxygen atoms in total. The fraction of sp³-hybridized carbons (Fsp3) is 0.900. The fourth-order valence-electron chi connectivity index (χ4n) is 2.42. The van der Waals surface area contributed by atoms with Crippen LogP contribution in [0.5, 0.6) is 0 Å². The molecule has 1 amide bonds. The van der Waals surface area contributed by atoms with Gasteiger partial charge in [0, 0.05) is 13.0 Å². The summed E-state index contributed by atoms with van der Waals surface area (Å²) in [6, 6.07) is 0. The molecule has 1 fully saturated rings. The van der Waals surface area contributed by atoms with E-state index in [2.05, 4.69) is 0 Å². The largest absolute Gasteiger partial charge is 0.396 e. The van der Waals surface area contributed by atoms with Gasteiger partial charge in [0.05, 0.1) is 0 Å². The summed E-state index contributed by atoms with van der Waals surface area (Å²) < 4.78 is 0. The lowest BCUT2D eigenvalue weighted by molar-refractivity contribution is -0.121. The number of carbonyl (C=O) groups excluding carboxylic acids is 1. The highest BCUT2D eigenvalue weighted by molar-refractivity contribution is 5.74. The van der Waals surface area contributed by atoms with Crippen LogP contribution in [0.1, 0.15) is 44.9 Å². The molecule has 13 heavy (non-hydrogen) atoms. The standard InChI is InChI=1S/C10H19NO2/c11-9(13)8-10(6-7-12)4-2-1-3-5-10/h12H,1-8H2,(H2,11,13). The highest BCUT2D eigenvalue weighted by Crippen LogP contribution is 2.41.